The normalized spacial score (nSPS) is 13.1. The number of nitrogens with zero attached hydrogens (tertiary/aromatic N) is 4. The highest BCUT2D eigenvalue weighted by Gasteiger charge is 2.33. The topological polar surface area (TPSA) is 51.0 Å². The van der Waals surface area contributed by atoms with Crippen molar-refractivity contribution >= 4 is 17.7 Å². The first kappa shape index (κ1) is 22.3. The number of amides is 1. The molecule has 172 valence electrons. The van der Waals surface area contributed by atoms with Gasteiger partial charge in [0, 0.05) is 29.4 Å². The van der Waals surface area contributed by atoms with Crippen molar-refractivity contribution in [3.63, 3.8) is 0 Å². The van der Waals surface area contributed by atoms with Gasteiger partial charge in [-0.1, -0.05) is 60.3 Å². The van der Waals surface area contributed by atoms with Gasteiger partial charge in [-0.05, 0) is 43.2 Å². The molecule has 0 aliphatic heterocycles. The number of aromatic nitrogens is 3. The Balaban J connectivity index is 1.39. The van der Waals surface area contributed by atoms with Crippen molar-refractivity contribution in [2.24, 2.45) is 0 Å². The summed E-state index contributed by atoms with van der Waals surface area (Å²) in [4.78, 5) is 14.9. The molecule has 0 bridgehead atoms. The van der Waals surface area contributed by atoms with Gasteiger partial charge in [-0.2, -0.15) is 0 Å². The molecule has 1 aliphatic rings. The van der Waals surface area contributed by atoms with E-state index in [9.17, 15) is 13.6 Å². The Kier molecular flexibility index (Phi) is 6.40. The van der Waals surface area contributed by atoms with Crippen LogP contribution in [0.3, 0.4) is 0 Å². The Bertz CT molecular complexity index is 1290. The number of hydrogen-bond acceptors (Lipinski definition) is 4. The second-order valence-corrected chi connectivity index (χ2v) is 9.06. The first-order chi connectivity index (χ1) is 16.6. The maximum absolute atomic E-state index is 14.2. The molecule has 0 unspecified atom stereocenters. The quantitative estimate of drug-likeness (QED) is 0.315. The van der Waals surface area contributed by atoms with Gasteiger partial charge in [-0.25, -0.2) is 8.78 Å². The highest BCUT2D eigenvalue weighted by atomic mass is 32.2. The molecule has 0 radical (unpaired) electrons. The molecule has 1 heterocycles. The molecular weight excluding hydrogens is 454 g/mol. The van der Waals surface area contributed by atoms with E-state index in [1.54, 1.807) is 35.2 Å². The fraction of sp³-hybridized carbons (Fsp3) is 0.192. The monoisotopic (exact) mass is 476 g/mol. The Morgan fingerprint density at radius 3 is 2.35 bits per heavy atom. The number of carbonyl (C=O) groups is 1. The van der Waals surface area contributed by atoms with Gasteiger partial charge in [-0.15, -0.1) is 10.2 Å². The summed E-state index contributed by atoms with van der Waals surface area (Å²) < 4.78 is 29.6. The lowest BCUT2D eigenvalue weighted by Crippen LogP contribution is -2.34. The SMILES string of the molecule is O=C(CSc1nnc(-c2ccccc2)n1-c1ccc(F)cc1)N(Cc1ccccc1F)C1CC1. The standard InChI is InChI=1S/C26H22F2N4OS/c27-20-10-12-22(13-11-20)32-25(18-6-2-1-3-7-18)29-30-26(32)34-17-24(33)31(21-14-15-21)16-19-8-4-5-9-23(19)28/h1-13,21H,14-17H2. The molecule has 8 heteroatoms. The molecule has 1 fully saturated rings. The first-order valence-electron chi connectivity index (χ1n) is 11.0. The van der Waals surface area contributed by atoms with Gasteiger partial charge < -0.3 is 4.90 Å². The van der Waals surface area contributed by atoms with Crippen molar-refractivity contribution in [2.75, 3.05) is 5.75 Å². The van der Waals surface area contributed by atoms with Crippen molar-refractivity contribution in [2.45, 2.75) is 30.6 Å². The van der Waals surface area contributed by atoms with Crippen molar-refractivity contribution < 1.29 is 13.6 Å². The van der Waals surface area contributed by atoms with Gasteiger partial charge >= 0.3 is 0 Å². The van der Waals surface area contributed by atoms with Crippen LogP contribution in [-0.4, -0.2) is 37.4 Å². The molecule has 5 nitrogen and oxygen atoms in total. The minimum atomic E-state index is -0.337. The number of carbonyl (C=O) groups excluding carboxylic acids is 1. The number of thioether (sulfide) groups is 1. The number of benzene rings is 3. The summed E-state index contributed by atoms with van der Waals surface area (Å²) in [6.45, 7) is 0.247. The third-order valence-corrected chi connectivity index (χ3v) is 6.60. The highest BCUT2D eigenvalue weighted by molar-refractivity contribution is 7.99. The second kappa shape index (κ2) is 9.77. The molecule has 1 aromatic heterocycles. The average molecular weight is 477 g/mol. The third-order valence-electron chi connectivity index (χ3n) is 5.68. The maximum Gasteiger partial charge on any atom is 0.233 e. The molecule has 5 rings (SSSR count). The minimum Gasteiger partial charge on any atom is -0.335 e. The van der Waals surface area contributed by atoms with Crippen molar-refractivity contribution in [1.82, 2.24) is 19.7 Å². The molecule has 4 aromatic rings. The molecule has 0 spiro atoms. The van der Waals surface area contributed by atoms with Gasteiger partial charge in [0.25, 0.3) is 0 Å². The van der Waals surface area contributed by atoms with Crippen LogP contribution in [0.5, 0.6) is 0 Å². The van der Waals surface area contributed by atoms with Crippen LogP contribution in [0.15, 0.2) is 84.0 Å². The van der Waals surface area contributed by atoms with Crippen LogP contribution in [0.1, 0.15) is 18.4 Å². The first-order valence-corrected chi connectivity index (χ1v) is 12.0. The van der Waals surface area contributed by atoms with E-state index in [-0.39, 0.29) is 35.9 Å². The van der Waals surface area contributed by atoms with Crippen LogP contribution in [0.2, 0.25) is 0 Å². The second-order valence-electron chi connectivity index (χ2n) is 8.12. The van der Waals surface area contributed by atoms with E-state index >= 15 is 0 Å². The van der Waals surface area contributed by atoms with E-state index in [4.69, 9.17) is 0 Å². The Labute approximate surface area is 200 Å². The zero-order valence-corrected chi connectivity index (χ0v) is 19.1. The molecule has 0 N–H and O–H groups in total. The van der Waals surface area contributed by atoms with E-state index in [1.807, 2.05) is 34.9 Å². The van der Waals surface area contributed by atoms with E-state index in [0.29, 0.717) is 22.2 Å². The average Bonchev–Trinajstić information content (AvgIpc) is 3.61. The van der Waals surface area contributed by atoms with Crippen LogP contribution in [0.4, 0.5) is 8.78 Å². The molecule has 3 aromatic carbocycles. The largest absolute Gasteiger partial charge is 0.335 e. The van der Waals surface area contributed by atoms with Gasteiger partial charge in [0.15, 0.2) is 11.0 Å². The summed E-state index contributed by atoms with van der Waals surface area (Å²) in [6.07, 6.45) is 1.85. The molecule has 1 aliphatic carbocycles. The van der Waals surface area contributed by atoms with Gasteiger partial charge in [0.1, 0.15) is 11.6 Å². The molecule has 0 saturated heterocycles. The zero-order chi connectivity index (χ0) is 23.5. The number of hydrogen-bond donors (Lipinski definition) is 0. The van der Waals surface area contributed by atoms with Crippen LogP contribution < -0.4 is 0 Å². The van der Waals surface area contributed by atoms with E-state index < -0.39 is 0 Å². The maximum atomic E-state index is 14.2. The Morgan fingerprint density at radius 1 is 0.941 bits per heavy atom. The van der Waals surface area contributed by atoms with Gasteiger partial charge in [0.2, 0.25) is 5.91 Å². The molecule has 1 amide bonds. The van der Waals surface area contributed by atoms with Crippen LogP contribution in [0.25, 0.3) is 17.1 Å². The lowest BCUT2D eigenvalue weighted by molar-refractivity contribution is -0.129. The lowest BCUT2D eigenvalue weighted by Gasteiger charge is -2.22. The van der Waals surface area contributed by atoms with Crippen LogP contribution in [-0.2, 0) is 11.3 Å². The van der Waals surface area contributed by atoms with Gasteiger partial charge in [0.05, 0.1) is 5.75 Å². The summed E-state index contributed by atoms with van der Waals surface area (Å²) in [6, 6.07) is 22.3. The van der Waals surface area contributed by atoms with Crippen molar-refractivity contribution in [3.8, 4) is 17.1 Å². The van der Waals surface area contributed by atoms with Crippen molar-refractivity contribution in [3.05, 3.63) is 96.1 Å². The Hall–Kier alpha value is -3.52. The minimum absolute atomic E-state index is 0.0781. The predicted molar refractivity (Wildman–Crippen MR) is 127 cm³/mol. The van der Waals surface area contributed by atoms with Crippen LogP contribution >= 0.6 is 11.8 Å². The predicted octanol–water partition coefficient (Wildman–Crippen LogP) is 5.50. The van der Waals surface area contributed by atoms with E-state index in [0.717, 1.165) is 18.4 Å². The summed E-state index contributed by atoms with van der Waals surface area (Å²) in [7, 11) is 0. The summed E-state index contributed by atoms with van der Waals surface area (Å²) in [5.41, 5.74) is 2.07. The molecule has 1 saturated carbocycles. The molecule has 0 atom stereocenters. The number of halogens is 2. The highest BCUT2D eigenvalue weighted by Crippen LogP contribution is 2.32. The summed E-state index contributed by atoms with van der Waals surface area (Å²) in [5, 5.41) is 9.22. The third kappa shape index (κ3) is 4.87. The van der Waals surface area contributed by atoms with E-state index in [1.165, 1.54) is 30.0 Å². The number of rotatable bonds is 8. The Morgan fingerprint density at radius 2 is 1.65 bits per heavy atom. The summed E-state index contributed by atoms with van der Waals surface area (Å²) >= 11 is 1.27. The molecular formula is C26H22F2N4OS. The summed E-state index contributed by atoms with van der Waals surface area (Å²) in [5.74, 6) is 0.0186. The van der Waals surface area contributed by atoms with Crippen LogP contribution in [0, 0.1) is 11.6 Å². The van der Waals surface area contributed by atoms with Gasteiger partial charge in [-0.3, -0.25) is 9.36 Å². The lowest BCUT2D eigenvalue weighted by atomic mass is 10.2. The zero-order valence-electron chi connectivity index (χ0n) is 18.3. The van der Waals surface area contributed by atoms with E-state index in [2.05, 4.69) is 10.2 Å². The van der Waals surface area contributed by atoms with Crippen molar-refractivity contribution in [1.29, 1.82) is 0 Å². The smallest absolute Gasteiger partial charge is 0.233 e. The fourth-order valence-electron chi connectivity index (χ4n) is 3.79. The fourth-order valence-corrected chi connectivity index (χ4v) is 4.62. The molecule has 34 heavy (non-hydrogen) atoms.